The number of hydrogen-bond donors (Lipinski definition) is 0. The van der Waals surface area contributed by atoms with Crippen molar-refractivity contribution >= 4 is 6.29 Å². The van der Waals surface area contributed by atoms with Crippen LogP contribution in [0.3, 0.4) is 0 Å². The predicted octanol–water partition coefficient (Wildman–Crippen LogP) is 1.11. The molecule has 1 aromatic carbocycles. The molecule has 0 spiro atoms. The predicted molar refractivity (Wildman–Crippen MR) is 41.9 cm³/mol. The molecule has 0 fully saturated rings. The third-order valence-corrected chi connectivity index (χ3v) is 1.44. The van der Waals surface area contributed by atoms with Gasteiger partial charge in [0.2, 0.25) is 0 Å². The molecule has 0 aliphatic carbocycles. The second-order valence-electron chi connectivity index (χ2n) is 2.22. The van der Waals surface area contributed by atoms with Crippen LogP contribution >= 0.6 is 0 Å². The molecule has 1 atom stereocenters. The fraction of sp³-hybridized carbons (Fsp3) is 0.125. The molecule has 0 saturated heterocycles. The van der Waals surface area contributed by atoms with Crippen molar-refractivity contribution in [2.45, 2.75) is 6.04 Å². The lowest BCUT2D eigenvalue weighted by atomic mass is 10.1. The maximum absolute atomic E-state index is 10.3. The van der Waals surface area contributed by atoms with E-state index in [1.165, 1.54) is 18.4 Å². The Kier molecular flexibility index (Phi) is 2.53. The second kappa shape index (κ2) is 3.61. The molecule has 1 aromatic rings. The van der Waals surface area contributed by atoms with E-state index >= 15 is 0 Å². The van der Waals surface area contributed by atoms with E-state index in [2.05, 4.69) is 0 Å². The highest BCUT2D eigenvalue weighted by Crippen LogP contribution is 2.12. The molecule has 0 aliphatic rings. The van der Waals surface area contributed by atoms with Gasteiger partial charge in [-0.15, -0.1) is 0 Å². The lowest BCUT2D eigenvalue weighted by Gasteiger charge is -1.99. The van der Waals surface area contributed by atoms with Crippen molar-refractivity contribution in [2.75, 3.05) is 0 Å². The zero-order chi connectivity index (χ0) is 8.97. The lowest BCUT2D eigenvalue weighted by molar-refractivity contribution is -0.508. The highest BCUT2D eigenvalue weighted by atomic mass is 16.6. The van der Waals surface area contributed by atoms with Gasteiger partial charge < -0.3 is 0 Å². The summed E-state index contributed by atoms with van der Waals surface area (Å²) in [6.07, 6.45) is 1.37. The van der Waals surface area contributed by atoms with Gasteiger partial charge in [0.15, 0.2) is 0 Å². The Balaban J connectivity index is 2.95. The van der Waals surface area contributed by atoms with Crippen LogP contribution in [-0.4, -0.2) is 11.2 Å². The van der Waals surface area contributed by atoms with Crippen LogP contribution in [0.5, 0.6) is 0 Å². The molecular weight excluding hydrogens is 158 g/mol. The standard InChI is InChI=1S/C8H6NO3/c10-6-8(9(11)12)7-4-2-1-3-5-7/h1-5,8H. The summed E-state index contributed by atoms with van der Waals surface area (Å²) >= 11 is 0. The highest BCUT2D eigenvalue weighted by molar-refractivity contribution is 5.60. The van der Waals surface area contributed by atoms with E-state index in [0.717, 1.165) is 0 Å². The first kappa shape index (κ1) is 8.39. The molecule has 4 nitrogen and oxygen atoms in total. The Morgan fingerprint density at radius 3 is 2.33 bits per heavy atom. The van der Waals surface area contributed by atoms with E-state index in [1.807, 2.05) is 0 Å². The zero-order valence-corrected chi connectivity index (χ0v) is 6.14. The molecule has 0 N–H and O–H groups in total. The van der Waals surface area contributed by atoms with Gasteiger partial charge in [-0.25, -0.2) is 0 Å². The summed E-state index contributed by atoms with van der Waals surface area (Å²) in [6, 6.07) is 6.71. The van der Waals surface area contributed by atoms with Gasteiger partial charge in [0.25, 0.3) is 6.29 Å². The van der Waals surface area contributed by atoms with Crippen molar-refractivity contribution < 1.29 is 9.72 Å². The first-order chi connectivity index (χ1) is 5.75. The quantitative estimate of drug-likeness (QED) is 0.496. The molecular formula is C8H6NO3. The minimum atomic E-state index is -1.36. The summed E-state index contributed by atoms with van der Waals surface area (Å²) in [5, 5.41) is 10.3. The van der Waals surface area contributed by atoms with Crippen LogP contribution in [0.25, 0.3) is 0 Å². The topological polar surface area (TPSA) is 60.2 Å². The minimum Gasteiger partial charge on any atom is -0.282 e. The monoisotopic (exact) mass is 164 g/mol. The molecule has 0 bridgehead atoms. The summed E-state index contributed by atoms with van der Waals surface area (Å²) in [4.78, 5) is 19.8. The molecule has 0 amide bonds. The Morgan fingerprint density at radius 1 is 1.33 bits per heavy atom. The van der Waals surface area contributed by atoms with Gasteiger partial charge in [0.05, 0.1) is 0 Å². The smallest absolute Gasteiger partial charge is 0.282 e. The van der Waals surface area contributed by atoms with Crippen molar-refractivity contribution in [2.24, 2.45) is 0 Å². The van der Waals surface area contributed by atoms with Crippen LogP contribution in [0.4, 0.5) is 0 Å². The molecule has 1 rings (SSSR count). The van der Waals surface area contributed by atoms with Crippen LogP contribution in [0.2, 0.25) is 0 Å². The third kappa shape index (κ3) is 1.66. The van der Waals surface area contributed by atoms with Crippen molar-refractivity contribution in [3.63, 3.8) is 0 Å². The van der Waals surface area contributed by atoms with E-state index < -0.39 is 11.0 Å². The van der Waals surface area contributed by atoms with Crippen LogP contribution < -0.4 is 0 Å². The van der Waals surface area contributed by atoms with E-state index in [1.54, 1.807) is 18.2 Å². The molecule has 0 saturated carbocycles. The van der Waals surface area contributed by atoms with Gasteiger partial charge >= 0.3 is 6.04 Å². The average Bonchev–Trinajstić information content (AvgIpc) is 2.07. The maximum Gasteiger partial charge on any atom is 0.303 e. The summed E-state index contributed by atoms with van der Waals surface area (Å²) < 4.78 is 0. The number of nitrogens with zero attached hydrogens (tertiary/aromatic N) is 1. The zero-order valence-electron chi connectivity index (χ0n) is 6.14. The van der Waals surface area contributed by atoms with Crippen LogP contribution in [0.15, 0.2) is 30.3 Å². The molecule has 61 valence electrons. The lowest BCUT2D eigenvalue weighted by Crippen LogP contribution is -2.11. The number of carbonyl (C=O) groups excluding carboxylic acids is 1. The van der Waals surface area contributed by atoms with Crippen molar-refractivity contribution in [3.05, 3.63) is 46.0 Å². The third-order valence-electron chi connectivity index (χ3n) is 1.44. The van der Waals surface area contributed by atoms with Gasteiger partial charge in [-0.2, -0.15) is 0 Å². The molecule has 4 heteroatoms. The highest BCUT2D eigenvalue weighted by Gasteiger charge is 2.21. The van der Waals surface area contributed by atoms with Crippen molar-refractivity contribution in [1.82, 2.24) is 0 Å². The first-order valence-electron chi connectivity index (χ1n) is 3.32. The largest absolute Gasteiger partial charge is 0.303 e. The van der Waals surface area contributed by atoms with E-state index in [9.17, 15) is 14.9 Å². The number of benzene rings is 1. The molecule has 1 radical (unpaired) electrons. The van der Waals surface area contributed by atoms with Gasteiger partial charge in [-0.1, -0.05) is 30.3 Å². The summed E-state index contributed by atoms with van der Waals surface area (Å²) in [5.41, 5.74) is 0.359. The Morgan fingerprint density at radius 2 is 1.92 bits per heavy atom. The number of rotatable bonds is 3. The van der Waals surface area contributed by atoms with E-state index in [4.69, 9.17) is 0 Å². The fourth-order valence-corrected chi connectivity index (χ4v) is 0.868. The second-order valence-corrected chi connectivity index (χ2v) is 2.22. The summed E-state index contributed by atoms with van der Waals surface area (Å²) in [6.45, 7) is 0. The Hall–Kier alpha value is -1.71. The molecule has 12 heavy (non-hydrogen) atoms. The minimum absolute atomic E-state index is 0.359. The normalized spacial score (nSPS) is 12.0. The summed E-state index contributed by atoms with van der Waals surface area (Å²) in [7, 11) is 0. The average molecular weight is 164 g/mol. The molecule has 0 aromatic heterocycles. The fourth-order valence-electron chi connectivity index (χ4n) is 0.868. The van der Waals surface area contributed by atoms with Crippen LogP contribution in [0.1, 0.15) is 11.6 Å². The molecule has 0 heterocycles. The first-order valence-corrected chi connectivity index (χ1v) is 3.32. The Labute approximate surface area is 69.0 Å². The van der Waals surface area contributed by atoms with E-state index in [-0.39, 0.29) is 0 Å². The van der Waals surface area contributed by atoms with E-state index in [0.29, 0.717) is 5.56 Å². The van der Waals surface area contributed by atoms with Crippen LogP contribution in [-0.2, 0) is 4.79 Å². The van der Waals surface area contributed by atoms with Crippen molar-refractivity contribution in [1.29, 1.82) is 0 Å². The van der Waals surface area contributed by atoms with Gasteiger partial charge in [0, 0.05) is 10.5 Å². The van der Waals surface area contributed by atoms with Gasteiger partial charge in [0.1, 0.15) is 0 Å². The van der Waals surface area contributed by atoms with Gasteiger partial charge in [-0.3, -0.25) is 14.9 Å². The van der Waals surface area contributed by atoms with Crippen molar-refractivity contribution in [3.8, 4) is 0 Å². The Bertz CT molecular complexity index is 284. The SMILES string of the molecule is O=[C]C(c1ccccc1)[N+](=O)[O-]. The molecule has 0 aliphatic heterocycles. The van der Waals surface area contributed by atoms with Gasteiger partial charge in [-0.05, 0) is 0 Å². The molecule has 1 unspecified atom stereocenters. The van der Waals surface area contributed by atoms with Crippen LogP contribution in [0, 0.1) is 10.1 Å². The summed E-state index contributed by atoms with van der Waals surface area (Å²) in [5.74, 6) is 0. The number of nitro groups is 1. The maximum atomic E-state index is 10.3. The number of hydrogen-bond acceptors (Lipinski definition) is 3.